The van der Waals surface area contributed by atoms with Crippen LogP contribution in [0.5, 0.6) is 0 Å². The zero-order chi connectivity index (χ0) is 26.6. The average molecular weight is 513 g/mol. The number of aromatic nitrogens is 1. The number of nitrogens with zero attached hydrogens (tertiary/aromatic N) is 3. The number of amidine groups is 1. The summed E-state index contributed by atoms with van der Waals surface area (Å²) >= 11 is 0. The first-order valence-electron chi connectivity index (χ1n) is 11.5. The third kappa shape index (κ3) is 6.31. The number of H-pyrrole nitrogens is 1. The molecule has 1 fully saturated rings. The van der Waals surface area contributed by atoms with Crippen molar-refractivity contribution >= 4 is 34.1 Å². The number of anilines is 1. The highest BCUT2D eigenvalue weighted by molar-refractivity contribution is 7.84. The van der Waals surface area contributed by atoms with Crippen LogP contribution in [0, 0.1) is 17.2 Å². The number of amides is 1. The molecule has 5 N–H and O–H groups in total. The molecule has 10 nitrogen and oxygen atoms in total. The predicted octanol–water partition coefficient (Wildman–Crippen LogP) is 2.99. The van der Waals surface area contributed by atoms with E-state index in [1.54, 1.807) is 56.2 Å². The number of ether oxygens (including phenoxy) is 1. The minimum Gasteiger partial charge on any atom is -0.444 e. The van der Waals surface area contributed by atoms with E-state index >= 15 is 0 Å². The van der Waals surface area contributed by atoms with E-state index in [-0.39, 0.29) is 41.9 Å². The van der Waals surface area contributed by atoms with Gasteiger partial charge in [-0.2, -0.15) is 5.26 Å². The van der Waals surface area contributed by atoms with E-state index in [1.807, 2.05) is 0 Å². The van der Waals surface area contributed by atoms with Crippen LogP contribution in [0.25, 0.3) is 0 Å². The summed E-state index contributed by atoms with van der Waals surface area (Å²) in [6, 6.07) is 8.87. The number of likely N-dealkylation sites (tertiary alicyclic amines) is 1. The Morgan fingerprint density at radius 1 is 1.33 bits per heavy atom. The van der Waals surface area contributed by atoms with E-state index in [4.69, 9.17) is 16.2 Å². The van der Waals surface area contributed by atoms with Gasteiger partial charge in [0.15, 0.2) is 0 Å². The topological polar surface area (TPSA) is 168 Å². The number of carbonyl (C=O) groups is 1. The second kappa shape index (κ2) is 11.0. The fraction of sp³-hybridized carbons (Fsp3) is 0.440. The lowest BCUT2D eigenvalue weighted by molar-refractivity contribution is 0.0158. The zero-order valence-corrected chi connectivity index (χ0v) is 21.7. The molecule has 0 bridgehead atoms. The number of hydrogen-bond donors (Lipinski definition) is 3. The Morgan fingerprint density at radius 3 is 2.58 bits per heavy atom. The molecule has 1 aliphatic rings. The van der Waals surface area contributed by atoms with Crippen molar-refractivity contribution in [2.24, 2.45) is 16.6 Å². The highest BCUT2D eigenvalue weighted by atomic mass is 32.2. The number of hydrogen-bond acceptors (Lipinski definition) is 7. The Morgan fingerprint density at radius 2 is 2.00 bits per heavy atom. The van der Waals surface area contributed by atoms with Gasteiger partial charge in [0, 0.05) is 53.6 Å². The van der Waals surface area contributed by atoms with Crippen molar-refractivity contribution in [2.45, 2.75) is 50.0 Å². The van der Waals surface area contributed by atoms with Crippen molar-refractivity contribution in [1.29, 1.82) is 5.26 Å². The molecule has 2 aromatic rings. The fourth-order valence-electron chi connectivity index (χ4n) is 4.24. The van der Waals surface area contributed by atoms with Crippen molar-refractivity contribution in [3.05, 3.63) is 51.9 Å². The number of aliphatic imine (C=N–C) groups is 1. The molecule has 36 heavy (non-hydrogen) atoms. The molecular formula is C25H32N6O4S. The largest absolute Gasteiger partial charge is 0.444 e. The van der Waals surface area contributed by atoms with Crippen molar-refractivity contribution < 1.29 is 13.7 Å². The van der Waals surface area contributed by atoms with Crippen molar-refractivity contribution in [3.63, 3.8) is 0 Å². The Kier molecular flexibility index (Phi) is 8.20. The minimum atomic E-state index is -1.13. The Hall–Kier alpha value is -3.65. The lowest BCUT2D eigenvalue weighted by Gasteiger charge is -2.39. The maximum absolute atomic E-state index is 12.7. The number of pyridine rings is 1. The first-order chi connectivity index (χ1) is 16.9. The number of rotatable bonds is 5. The number of nitrogen functional groups attached to an aromatic ring is 1. The van der Waals surface area contributed by atoms with Gasteiger partial charge in [0.1, 0.15) is 17.0 Å². The minimum absolute atomic E-state index is 0.0285. The van der Waals surface area contributed by atoms with Gasteiger partial charge in [-0.05, 0) is 62.9 Å². The summed E-state index contributed by atoms with van der Waals surface area (Å²) in [7, 11) is -1.13. The van der Waals surface area contributed by atoms with Crippen molar-refractivity contribution in [3.8, 4) is 6.07 Å². The van der Waals surface area contributed by atoms with Gasteiger partial charge in [0.05, 0.1) is 17.4 Å². The van der Waals surface area contributed by atoms with Gasteiger partial charge in [-0.3, -0.25) is 9.00 Å². The Labute approximate surface area is 212 Å². The third-order valence-corrected chi connectivity index (χ3v) is 6.94. The molecule has 3 rings (SSSR count). The van der Waals surface area contributed by atoms with Crippen LogP contribution in [0.4, 0.5) is 16.2 Å². The van der Waals surface area contributed by atoms with Gasteiger partial charge < -0.3 is 26.1 Å². The summed E-state index contributed by atoms with van der Waals surface area (Å²) in [5.41, 5.74) is 12.8. The Bertz CT molecular complexity index is 1270. The molecule has 3 atom stereocenters. The van der Waals surface area contributed by atoms with Crippen LogP contribution < -0.4 is 17.0 Å². The van der Waals surface area contributed by atoms with Crippen LogP contribution in [-0.4, -0.2) is 51.0 Å². The number of nitrogens with two attached hydrogens (primary N) is 2. The first-order valence-corrected chi connectivity index (χ1v) is 13.1. The zero-order valence-electron chi connectivity index (χ0n) is 20.9. The smallest absolute Gasteiger partial charge is 0.410 e. The SMILES string of the molecule is CS(=O)c1ccc(N=C(N)c2c(N)c([C@@H]3CN(C(=O)OC(C)(C)C)CC[C@H]3CC#N)c[nH]c2=O)cc1. The van der Waals surface area contributed by atoms with Crippen LogP contribution in [0.15, 0.2) is 45.1 Å². The number of benzene rings is 1. The van der Waals surface area contributed by atoms with E-state index in [2.05, 4.69) is 16.0 Å². The standard InChI is InChI=1S/C25H32N6O4S/c1-25(2,3)35-24(33)31-12-10-15(9-11-26)19(14-31)18-13-29-23(32)20(21(18)27)22(28)30-16-5-7-17(8-6-16)36(4)34/h5-8,13,15,19H,9-10,12,14H2,1-4H3,(H2,28,30)(H3,27,29,32)/t15-,19-,36?/m1/s1. The van der Waals surface area contributed by atoms with E-state index in [1.165, 1.54) is 6.20 Å². The van der Waals surface area contributed by atoms with Gasteiger partial charge in [-0.15, -0.1) is 0 Å². The quantitative estimate of drug-likeness (QED) is 0.409. The molecule has 0 saturated carbocycles. The summed E-state index contributed by atoms with van der Waals surface area (Å²) < 4.78 is 17.2. The van der Waals surface area contributed by atoms with E-state index < -0.39 is 28.1 Å². The predicted molar refractivity (Wildman–Crippen MR) is 140 cm³/mol. The molecule has 1 aromatic carbocycles. The van der Waals surface area contributed by atoms with Crippen molar-refractivity contribution in [1.82, 2.24) is 9.88 Å². The molecule has 0 aliphatic carbocycles. The maximum Gasteiger partial charge on any atom is 0.410 e. The summed E-state index contributed by atoms with van der Waals surface area (Å²) in [6.07, 6.45) is 3.51. The third-order valence-electron chi connectivity index (χ3n) is 6.00. The molecule has 11 heteroatoms. The van der Waals surface area contributed by atoms with Crippen LogP contribution in [0.2, 0.25) is 0 Å². The van der Waals surface area contributed by atoms with Gasteiger partial charge in [0.2, 0.25) is 0 Å². The summed E-state index contributed by atoms with van der Waals surface area (Å²) in [5.74, 6) is -0.457. The number of nitrogens with one attached hydrogen (secondary N) is 1. The first kappa shape index (κ1) is 26.9. The van der Waals surface area contributed by atoms with Gasteiger partial charge >= 0.3 is 6.09 Å². The number of nitriles is 1. The highest BCUT2D eigenvalue weighted by Crippen LogP contribution is 2.37. The second-order valence-corrected chi connectivity index (χ2v) is 11.1. The molecular weight excluding hydrogens is 480 g/mol. The van der Waals surface area contributed by atoms with E-state index in [0.29, 0.717) is 29.1 Å². The monoisotopic (exact) mass is 512 g/mol. The summed E-state index contributed by atoms with van der Waals surface area (Å²) in [6.45, 7) is 6.14. The fourth-order valence-corrected chi connectivity index (χ4v) is 4.75. The van der Waals surface area contributed by atoms with Crippen LogP contribution in [-0.2, 0) is 15.5 Å². The average Bonchev–Trinajstić information content (AvgIpc) is 2.79. The molecule has 0 spiro atoms. The maximum atomic E-state index is 12.7. The van der Waals surface area contributed by atoms with Crippen LogP contribution in [0.3, 0.4) is 0 Å². The highest BCUT2D eigenvalue weighted by Gasteiger charge is 2.36. The van der Waals surface area contributed by atoms with Gasteiger partial charge in [-0.1, -0.05) is 0 Å². The number of carbonyl (C=O) groups excluding carboxylic acids is 1. The van der Waals surface area contributed by atoms with E-state index in [0.717, 1.165) is 0 Å². The van der Waals surface area contributed by atoms with Gasteiger partial charge in [0.25, 0.3) is 5.56 Å². The number of aromatic amines is 1. The molecule has 192 valence electrons. The molecule has 1 aromatic heterocycles. The van der Waals surface area contributed by atoms with Crippen LogP contribution >= 0.6 is 0 Å². The molecule has 1 unspecified atom stereocenters. The van der Waals surface area contributed by atoms with Crippen molar-refractivity contribution in [2.75, 3.05) is 25.1 Å². The Balaban J connectivity index is 1.98. The lowest BCUT2D eigenvalue weighted by Crippen LogP contribution is -2.45. The van der Waals surface area contributed by atoms with Gasteiger partial charge in [-0.25, -0.2) is 9.79 Å². The van der Waals surface area contributed by atoms with E-state index in [9.17, 15) is 19.1 Å². The summed E-state index contributed by atoms with van der Waals surface area (Å²) in [5, 5.41) is 9.38. The molecule has 1 aliphatic heterocycles. The van der Waals surface area contributed by atoms with Crippen LogP contribution in [0.1, 0.15) is 50.7 Å². The molecule has 0 radical (unpaired) electrons. The molecule has 2 heterocycles. The normalized spacial score (nSPS) is 19.4. The second-order valence-electron chi connectivity index (χ2n) is 9.75. The summed E-state index contributed by atoms with van der Waals surface area (Å²) in [4.78, 5) is 34.7. The molecule has 1 saturated heterocycles. The lowest BCUT2D eigenvalue weighted by atomic mass is 9.78. The molecule has 1 amide bonds. The number of piperidine rings is 1.